The van der Waals surface area contributed by atoms with Crippen molar-refractivity contribution >= 4 is 34.7 Å². The number of hydrogen-bond donors (Lipinski definition) is 4. The van der Waals surface area contributed by atoms with E-state index in [2.05, 4.69) is 20.8 Å². The fourth-order valence-corrected chi connectivity index (χ4v) is 1.72. The van der Waals surface area contributed by atoms with Crippen LogP contribution in [0.4, 0.5) is 16.3 Å². The molecule has 1 aromatic heterocycles. The van der Waals surface area contributed by atoms with Crippen LogP contribution in [-0.4, -0.2) is 21.2 Å². The fourth-order valence-electron chi connectivity index (χ4n) is 1.57. The fraction of sp³-hybridized carbons (Fsp3) is 0.0833. The third-order valence-electron chi connectivity index (χ3n) is 2.42. The first kappa shape index (κ1) is 13.0. The molecule has 6 nitrogen and oxygen atoms in total. The maximum Gasteiger partial charge on any atom is 0.324 e. The Labute approximate surface area is 115 Å². The molecule has 2 aromatic rings. The SMILES string of the molecule is Cc1cccc(NC(=O)Nc2[nH]ncc2C(N)=S)c1. The van der Waals surface area contributed by atoms with Gasteiger partial charge in [-0.1, -0.05) is 24.4 Å². The Hall–Kier alpha value is -2.41. The smallest absolute Gasteiger partial charge is 0.324 e. The summed E-state index contributed by atoms with van der Waals surface area (Å²) in [6.45, 7) is 1.95. The van der Waals surface area contributed by atoms with E-state index in [-0.39, 0.29) is 4.99 Å². The molecule has 0 aliphatic carbocycles. The van der Waals surface area contributed by atoms with E-state index in [9.17, 15) is 4.79 Å². The maximum absolute atomic E-state index is 11.8. The molecule has 0 unspecified atom stereocenters. The summed E-state index contributed by atoms with van der Waals surface area (Å²) in [6, 6.07) is 7.08. The molecule has 0 radical (unpaired) electrons. The molecule has 0 aliphatic heterocycles. The normalized spacial score (nSPS) is 9.95. The summed E-state index contributed by atoms with van der Waals surface area (Å²) < 4.78 is 0. The van der Waals surface area contributed by atoms with Gasteiger partial charge in [-0.2, -0.15) is 5.10 Å². The number of H-pyrrole nitrogens is 1. The lowest BCUT2D eigenvalue weighted by atomic mass is 10.2. The number of aromatic nitrogens is 2. The van der Waals surface area contributed by atoms with Gasteiger partial charge in [-0.25, -0.2) is 4.79 Å². The van der Waals surface area contributed by atoms with Crippen molar-refractivity contribution in [1.82, 2.24) is 10.2 Å². The molecule has 0 atom stereocenters. The Bertz CT molecular complexity index is 622. The van der Waals surface area contributed by atoms with Crippen molar-refractivity contribution in [2.75, 3.05) is 10.6 Å². The number of anilines is 2. The highest BCUT2D eigenvalue weighted by atomic mass is 32.1. The average molecular weight is 275 g/mol. The van der Waals surface area contributed by atoms with Crippen LogP contribution >= 0.6 is 12.2 Å². The Morgan fingerprint density at radius 2 is 2.21 bits per heavy atom. The number of carbonyl (C=O) groups is 1. The van der Waals surface area contributed by atoms with Crippen molar-refractivity contribution in [2.24, 2.45) is 5.73 Å². The van der Waals surface area contributed by atoms with Crippen LogP contribution in [-0.2, 0) is 0 Å². The van der Waals surface area contributed by atoms with Crippen LogP contribution in [0.25, 0.3) is 0 Å². The zero-order valence-corrected chi connectivity index (χ0v) is 11.0. The highest BCUT2D eigenvalue weighted by Crippen LogP contribution is 2.13. The van der Waals surface area contributed by atoms with Gasteiger partial charge in [-0.3, -0.25) is 10.4 Å². The second-order valence-electron chi connectivity index (χ2n) is 3.97. The third-order valence-corrected chi connectivity index (χ3v) is 2.64. The van der Waals surface area contributed by atoms with E-state index in [1.807, 2.05) is 25.1 Å². The lowest BCUT2D eigenvalue weighted by molar-refractivity contribution is 0.262. The van der Waals surface area contributed by atoms with Gasteiger partial charge in [0.25, 0.3) is 0 Å². The predicted octanol–water partition coefficient (Wildman–Crippen LogP) is 2.00. The zero-order chi connectivity index (χ0) is 13.8. The molecule has 0 aliphatic rings. The number of urea groups is 1. The van der Waals surface area contributed by atoms with Gasteiger partial charge in [-0.05, 0) is 24.6 Å². The molecule has 7 heteroatoms. The first-order valence-electron chi connectivity index (χ1n) is 5.54. The van der Waals surface area contributed by atoms with E-state index >= 15 is 0 Å². The van der Waals surface area contributed by atoms with E-state index in [1.165, 1.54) is 6.20 Å². The van der Waals surface area contributed by atoms with Gasteiger partial charge in [0, 0.05) is 5.69 Å². The minimum Gasteiger partial charge on any atom is -0.389 e. The number of nitrogens with two attached hydrogens (primary N) is 1. The number of thiocarbonyl (C=S) groups is 1. The summed E-state index contributed by atoms with van der Waals surface area (Å²) in [4.78, 5) is 12.0. The van der Waals surface area contributed by atoms with Gasteiger partial charge < -0.3 is 11.1 Å². The highest BCUT2D eigenvalue weighted by molar-refractivity contribution is 7.80. The number of amides is 2. The number of benzene rings is 1. The quantitative estimate of drug-likeness (QED) is 0.644. The molecule has 0 spiro atoms. The van der Waals surface area contributed by atoms with E-state index in [0.717, 1.165) is 5.56 Å². The second kappa shape index (κ2) is 5.49. The Morgan fingerprint density at radius 3 is 2.89 bits per heavy atom. The first-order valence-corrected chi connectivity index (χ1v) is 5.95. The molecule has 98 valence electrons. The molecule has 2 amide bonds. The topological polar surface area (TPSA) is 95.8 Å². The van der Waals surface area contributed by atoms with E-state index in [0.29, 0.717) is 17.1 Å². The lowest BCUT2D eigenvalue weighted by Gasteiger charge is -2.07. The third kappa shape index (κ3) is 3.29. The van der Waals surface area contributed by atoms with Crippen molar-refractivity contribution in [3.05, 3.63) is 41.6 Å². The standard InChI is InChI=1S/C12H13N5OS/c1-7-3-2-4-8(5-7)15-12(18)16-11-9(10(13)19)6-14-17-11/h2-6H,1H3,(H2,13,19)(H3,14,15,16,17,18). The number of hydrogen-bond acceptors (Lipinski definition) is 3. The average Bonchev–Trinajstić information content (AvgIpc) is 2.76. The molecule has 19 heavy (non-hydrogen) atoms. The maximum atomic E-state index is 11.8. The zero-order valence-electron chi connectivity index (χ0n) is 10.2. The molecule has 0 saturated carbocycles. The van der Waals surface area contributed by atoms with Crippen molar-refractivity contribution in [3.63, 3.8) is 0 Å². The Morgan fingerprint density at radius 1 is 1.42 bits per heavy atom. The van der Waals surface area contributed by atoms with Crippen molar-refractivity contribution in [3.8, 4) is 0 Å². The van der Waals surface area contributed by atoms with Crippen LogP contribution in [0, 0.1) is 6.92 Å². The molecule has 2 rings (SSSR count). The summed E-state index contributed by atoms with van der Waals surface area (Å²) >= 11 is 4.85. The van der Waals surface area contributed by atoms with E-state index in [1.54, 1.807) is 6.07 Å². The molecule has 0 bridgehead atoms. The van der Waals surface area contributed by atoms with Crippen LogP contribution in [0.3, 0.4) is 0 Å². The lowest BCUT2D eigenvalue weighted by Crippen LogP contribution is -2.22. The van der Waals surface area contributed by atoms with Gasteiger partial charge in [0.15, 0.2) is 0 Å². The molecule has 0 fully saturated rings. The van der Waals surface area contributed by atoms with Gasteiger partial charge in [-0.15, -0.1) is 0 Å². The molecule has 1 heterocycles. The number of rotatable bonds is 3. The van der Waals surface area contributed by atoms with Crippen molar-refractivity contribution in [1.29, 1.82) is 0 Å². The van der Waals surface area contributed by atoms with E-state index < -0.39 is 6.03 Å². The minimum atomic E-state index is -0.396. The van der Waals surface area contributed by atoms with Gasteiger partial charge >= 0.3 is 6.03 Å². The molecular weight excluding hydrogens is 262 g/mol. The summed E-state index contributed by atoms with van der Waals surface area (Å²) in [5.74, 6) is 0.373. The van der Waals surface area contributed by atoms with Crippen molar-refractivity contribution < 1.29 is 4.79 Å². The van der Waals surface area contributed by atoms with Gasteiger partial charge in [0.2, 0.25) is 0 Å². The number of aryl methyl sites for hydroxylation is 1. The summed E-state index contributed by atoms with van der Waals surface area (Å²) in [5.41, 5.74) is 7.76. The van der Waals surface area contributed by atoms with E-state index in [4.69, 9.17) is 18.0 Å². The molecule has 0 saturated heterocycles. The van der Waals surface area contributed by atoms with Crippen molar-refractivity contribution in [2.45, 2.75) is 6.92 Å². The monoisotopic (exact) mass is 275 g/mol. The highest BCUT2D eigenvalue weighted by Gasteiger charge is 2.10. The summed E-state index contributed by atoms with van der Waals surface area (Å²) in [7, 11) is 0. The summed E-state index contributed by atoms with van der Waals surface area (Å²) in [6.07, 6.45) is 1.46. The van der Waals surface area contributed by atoms with Crippen LogP contribution in [0.15, 0.2) is 30.5 Å². The summed E-state index contributed by atoms with van der Waals surface area (Å²) in [5, 5.41) is 11.7. The molecular formula is C12H13N5OS. The number of nitrogens with one attached hydrogen (secondary N) is 3. The number of carbonyl (C=O) groups excluding carboxylic acids is 1. The van der Waals surface area contributed by atoms with Gasteiger partial charge in [0.1, 0.15) is 10.8 Å². The second-order valence-corrected chi connectivity index (χ2v) is 4.41. The van der Waals surface area contributed by atoms with Gasteiger partial charge in [0.05, 0.1) is 11.8 Å². The van der Waals surface area contributed by atoms with Crippen LogP contribution < -0.4 is 16.4 Å². The molecule has 5 N–H and O–H groups in total. The van der Waals surface area contributed by atoms with Crippen LogP contribution in [0.2, 0.25) is 0 Å². The number of aromatic amines is 1. The Kier molecular flexibility index (Phi) is 3.76. The molecule has 1 aromatic carbocycles. The Balaban J connectivity index is 2.05. The van der Waals surface area contributed by atoms with Crippen LogP contribution in [0.5, 0.6) is 0 Å². The minimum absolute atomic E-state index is 0.166. The first-order chi connectivity index (χ1) is 9.06. The largest absolute Gasteiger partial charge is 0.389 e. The predicted molar refractivity (Wildman–Crippen MR) is 78.3 cm³/mol. The number of nitrogens with zero attached hydrogens (tertiary/aromatic N) is 1. The van der Waals surface area contributed by atoms with Crippen LogP contribution in [0.1, 0.15) is 11.1 Å².